The number of hydrogen-bond acceptors (Lipinski definition) is 2. The second-order valence-electron chi connectivity index (χ2n) is 3.12. The maximum atomic E-state index is 13.4. The first kappa shape index (κ1) is 12.8. The van der Waals surface area contributed by atoms with Crippen molar-refractivity contribution in [3.8, 4) is 0 Å². The quantitative estimate of drug-likeness (QED) is 0.814. The minimum absolute atomic E-state index is 0.433. The van der Waals surface area contributed by atoms with E-state index in [4.69, 9.17) is 5.11 Å². The van der Waals surface area contributed by atoms with Gasteiger partial charge in [0.25, 0.3) is 5.91 Å². The van der Waals surface area contributed by atoms with Crippen molar-refractivity contribution in [2.75, 3.05) is 11.4 Å². The number of amides is 1. The van der Waals surface area contributed by atoms with Gasteiger partial charge in [-0.15, -0.1) is 0 Å². The number of carboxylic acid groups (broad SMARTS) is 1. The Kier molecular flexibility index (Phi) is 3.92. The van der Waals surface area contributed by atoms with Crippen molar-refractivity contribution in [2.45, 2.75) is 0 Å². The lowest BCUT2D eigenvalue weighted by Crippen LogP contribution is -2.35. The molecule has 0 aliphatic heterocycles. The standard InChI is InChI=1S/C11H9F2NO3/c1-2-10(15)14(6-11(16)17)9-5-7(12)3-4-8(9)13/h2-5H,1,6H2,(H,16,17). The summed E-state index contributed by atoms with van der Waals surface area (Å²) in [6, 6.07) is 2.44. The Morgan fingerprint density at radius 2 is 2.06 bits per heavy atom. The van der Waals surface area contributed by atoms with Crippen LogP contribution in [-0.2, 0) is 9.59 Å². The van der Waals surface area contributed by atoms with Crippen LogP contribution in [0.2, 0.25) is 0 Å². The van der Waals surface area contributed by atoms with Crippen LogP contribution >= 0.6 is 0 Å². The molecule has 0 atom stereocenters. The molecule has 0 unspecified atom stereocenters. The van der Waals surface area contributed by atoms with Gasteiger partial charge >= 0.3 is 5.97 Å². The fourth-order valence-electron chi connectivity index (χ4n) is 1.22. The number of halogens is 2. The van der Waals surface area contributed by atoms with Crippen molar-refractivity contribution in [1.29, 1.82) is 0 Å². The number of carbonyl (C=O) groups excluding carboxylic acids is 1. The van der Waals surface area contributed by atoms with Gasteiger partial charge in [-0.3, -0.25) is 14.5 Å². The van der Waals surface area contributed by atoms with Gasteiger partial charge in [-0.2, -0.15) is 0 Å². The van der Waals surface area contributed by atoms with E-state index >= 15 is 0 Å². The Bertz CT molecular complexity index is 474. The van der Waals surface area contributed by atoms with E-state index in [1.807, 2.05) is 0 Å². The molecule has 0 saturated carbocycles. The predicted octanol–water partition coefficient (Wildman–Crippen LogP) is 1.57. The maximum absolute atomic E-state index is 13.4. The van der Waals surface area contributed by atoms with Gasteiger partial charge in [-0.1, -0.05) is 6.58 Å². The van der Waals surface area contributed by atoms with Crippen LogP contribution in [0, 0.1) is 11.6 Å². The van der Waals surface area contributed by atoms with Crippen molar-refractivity contribution < 1.29 is 23.5 Å². The molecule has 1 rings (SSSR count). The largest absolute Gasteiger partial charge is 0.480 e. The Balaban J connectivity index is 3.20. The summed E-state index contributed by atoms with van der Waals surface area (Å²) in [5.41, 5.74) is -0.433. The van der Waals surface area contributed by atoms with Gasteiger partial charge in [-0.05, 0) is 18.2 Å². The Morgan fingerprint density at radius 1 is 1.41 bits per heavy atom. The summed E-state index contributed by atoms with van der Waals surface area (Å²) in [5.74, 6) is -3.82. The number of carboxylic acids is 1. The lowest BCUT2D eigenvalue weighted by atomic mass is 10.2. The molecular formula is C11H9F2NO3. The number of hydrogen-bond donors (Lipinski definition) is 1. The molecule has 0 radical (unpaired) electrons. The molecular weight excluding hydrogens is 232 g/mol. The zero-order chi connectivity index (χ0) is 13.0. The smallest absolute Gasteiger partial charge is 0.323 e. The third-order valence-corrected chi connectivity index (χ3v) is 1.93. The molecule has 0 saturated heterocycles. The maximum Gasteiger partial charge on any atom is 0.323 e. The monoisotopic (exact) mass is 241 g/mol. The van der Waals surface area contributed by atoms with Gasteiger partial charge in [0, 0.05) is 6.07 Å². The fraction of sp³-hybridized carbons (Fsp3) is 0.0909. The molecule has 90 valence electrons. The molecule has 0 aliphatic rings. The number of nitrogens with zero attached hydrogens (tertiary/aromatic N) is 1. The van der Waals surface area contributed by atoms with Crippen LogP contribution in [0.3, 0.4) is 0 Å². The second-order valence-corrected chi connectivity index (χ2v) is 3.12. The number of anilines is 1. The molecule has 0 fully saturated rings. The highest BCUT2D eigenvalue weighted by Crippen LogP contribution is 2.20. The van der Waals surface area contributed by atoms with Crippen molar-refractivity contribution in [2.24, 2.45) is 0 Å². The van der Waals surface area contributed by atoms with E-state index in [0.717, 1.165) is 24.3 Å². The number of aliphatic carboxylic acids is 1. The minimum Gasteiger partial charge on any atom is -0.480 e. The number of carbonyl (C=O) groups is 2. The van der Waals surface area contributed by atoms with Crippen LogP contribution in [0.5, 0.6) is 0 Å². The van der Waals surface area contributed by atoms with E-state index in [0.29, 0.717) is 4.90 Å². The summed E-state index contributed by atoms with van der Waals surface area (Å²) in [6.07, 6.45) is 0.827. The molecule has 1 aromatic rings. The van der Waals surface area contributed by atoms with Crippen molar-refractivity contribution in [3.63, 3.8) is 0 Å². The summed E-state index contributed by atoms with van der Waals surface area (Å²) >= 11 is 0. The number of benzene rings is 1. The fourth-order valence-corrected chi connectivity index (χ4v) is 1.22. The minimum atomic E-state index is -1.34. The highest BCUT2D eigenvalue weighted by atomic mass is 19.1. The first-order valence-electron chi connectivity index (χ1n) is 4.56. The van der Waals surface area contributed by atoms with Crippen molar-refractivity contribution in [3.05, 3.63) is 42.5 Å². The van der Waals surface area contributed by atoms with Gasteiger partial charge in [0.1, 0.15) is 18.2 Å². The summed E-state index contributed by atoms with van der Waals surface area (Å²) in [5, 5.41) is 8.61. The van der Waals surface area contributed by atoms with Crippen LogP contribution < -0.4 is 4.90 Å². The first-order valence-corrected chi connectivity index (χ1v) is 4.56. The predicted molar refractivity (Wildman–Crippen MR) is 56.5 cm³/mol. The van der Waals surface area contributed by atoms with Gasteiger partial charge < -0.3 is 5.11 Å². The zero-order valence-corrected chi connectivity index (χ0v) is 8.69. The van der Waals surface area contributed by atoms with Gasteiger partial charge in [0.15, 0.2) is 0 Å². The van der Waals surface area contributed by atoms with Crippen molar-refractivity contribution in [1.82, 2.24) is 0 Å². The summed E-state index contributed by atoms with van der Waals surface area (Å²) in [7, 11) is 0. The molecule has 17 heavy (non-hydrogen) atoms. The molecule has 0 aromatic heterocycles. The second kappa shape index (κ2) is 5.20. The van der Waals surface area contributed by atoms with Gasteiger partial charge in [0.2, 0.25) is 0 Å². The molecule has 0 aliphatic carbocycles. The summed E-state index contributed by atoms with van der Waals surface area (Å²) < 4.78 is 26.3. The van der Waals surface area contributed by atoms with Crippen LogP contribution in [0.15, 0.2) is 30.9 Å². The zero-order valence-electron chi connectivity index (χ0n) is 8.69. The molecule has 6 heteroatoms. The van der Waals surface area contributed by atoms with E-state index in [2.05, 4.69) is 6.58 Å². The third-order valence-electron chi connectivity index (χ3n) is 1.93. The van der Waals surface area contributed by atoms with Gasteiger partial charge in [0.05, 0.1) is 5.69 Å². The van der Waals surface area contributed by atoms with Crippen LogP contribution in [-0.4, -0.2) is 23.5 Å². The topological polar surface area (TPSA) is 57.6 Å². The van der Waals surface area contributed by atoms with E-state index in [1.54, 1.807) is 0 Å². The first-order chi connectivity index (χ1) is 7.95. The summed E-state index contributed by atoms with van der Waals surface area (Å²) in [4.78, 5) is 22.5. The normalized spacial score (nSPS) is 9.76. The van der Waals surface area contributed by atoms with Crippen LogP contribution in [0.25, 0.3) is 0 Å². The van der Waals surface area contributed by atoms with E-state index in [-0.39, 0.29) is 0 Å². The molecule has 4 nitrogen and oxygen atoms in total. The molecule has 0 spiro atoms. The Labute approximate surface area is 95.8 Å². The van der Waals surface area contributed by atoms with Gasteiger partial charge in [-0.25, -0.2) is 8.78 Å². The average molecular weight is 241 g/mol. The highest BCUT2D eigenvalue weighted by Gasteiger charge is 2.20. The Hall–Kier alpha value is -2.24. The SMILES string of the molecule is C=CC(=O)N(CC(=O)O)c1cc(F)ccc1F. The lowest BCUT2D eigenvalue weighted by Gasteiger charge is -2.19. The summed E-state index contributed by atoms with van der Waals surface area (Å²) in [6.45, 7) is 2.39. The molecule has 0 heterocycles. The molecule has 1 amide bonds. The van der Waals surface area contributed by atoms with E-state index in [9.17, 15) is 18.4 Å². The average Bonchev–Trinajstić information content (AvgIpc) is 2.28. The Morgan fingerprint density at radius 3 is 2.59 bits per heavy atom. The van der Waals surface area contributed by atoms with Crippen molar-refractivity contribution >= 4 is 17.6 Å². The van der Waals surface area contributed by atoms with Crippen LogP contribution in [0.1, 0.15) is 0 Å². The van der Waals surface area contributed by atoms with E-state index in [1.165, 1.54) is 0 Å². The van der Waals surface area contributed by atoms with Crippen LogP contribution in [0.4, 0.5) is 14.5 Å². The third kappa shape index (κ3) is 3.10. The molecule has 1 aromatic carbocycles. The highest BCUT2D eigenvalue weighted by molar-refractivity contribution is 6.03. The molecule has 1 N–H and O–H groups in total. The lowest BCUT2D eigenvalue weighted by molar-refractivity contribution is -0.136. The number of rotatable bonds is 4. The molecule has 0 bridgehead atoms. The van der Waals surface area contributed by atoms with E-state index < -0.39 is 35.7 Å².